The molecule has 0 aliphatic rings. The lowest BCUT2D eigenvalue weighted by atomic mass is 10.2. The van der Waals surface area contributed by atoms with Gasteiger partial charge in [-0.15, -0.1) is 5.10 Å². The molecule has 3 aromatic rings. The van der Waals surface area contributed by atoms with Gasteiger partial charge in [-0.2, -0.15) is 4.68 Å². The lowest BCUT2D eigenvalue weighted by molar-refractivity contribution is 0.588. The molecule has 0 aliphatic carbocycles. The number of benzene rings is 1. The van der Waals surface area contributed by atoms with Crippen molar-refractivity contribution in [3.05, 3.63) is 47.7 Å². The Balaban J connectivity index is 2.01. The second-order valence-electron chi connectivity index (χ2n) is 5.50. The zero-order valence-corrected chi connectivity index (χ0v) is 12.5. The fourth-order valence-electron chi connectivity index (χ4n) is 2.29. The molecule has 0 radical (unpaired) electrons. The molecule has 5 nitrogen and oxygen atoms in total. The first kappa shape index (κ1) is 13.7. The Labute approximate surface area is 124 Å². The van der Waals surface area contributed by atoms with Gasteiger partial charge >= 0.3 is 0 Å². The van der Waals surface area contributed by atoms with E-state index in [1.807, 2.05) is 31.2 Å². The van der Waals surface area contributed by atoms with E-state index >= 15 is 0 Å². The molecule has 0 bridgehead atoms. The summed E-state index contributed by atoms with van der Waals surface area (Å²) in [6, 6.07) is 12.5. The molecule has 108 valence electrons. The molecule has 0 unspecified atom stereocenters. The Hall–Kier alpha value is -2.27. The van der Waals surface area contributed by atoms with Crippen molar-refractivity contribution in [1.82, 2.24) is 25.3 Å². The van der Waals surface area contributed by atoms with Gasteiger partial charge in [0.2, 0.25) is 0 Å². The number of para-hydroxylation sites is 1. The normalized spacial score (nSPS) is 11.4. The molecule has 0 spiro atoms. The number of pyridine rings is 1. The van der Waals surface area contributed by atoms with Crippen LogP contribution in [0.4, 0.5) is 0 Å². The molecule has 2 aromatic heterocycles. The summed E-state index contributed by atoms with van der Waals surface area (Å²) in [7, 11) is 0. The molecular formula is C16H19N5. The Morgan fingerprint density at radius 2 is 2.00 bits per heavy atom. The predicted octanol–water partition coefficient (Wildman–Crippen LogP) is 2.62. The smallest absolute Gasteiger partial charge is 0.156 e. The molecular weight excluding hydrogens is 262 g/mol. The lowest BCUT2D eigenvalue weighted by Gasteiger charge is -2.10. The van der Waals surface area contributed by atoms with Crippen LogP contribution in [0.15, 0.2) is 36.4 Å². The molecule has 0 fully saturated rings. The average Bonchev–Trinajstić information content (AvgIpc) is 2.88. The first-order chi connectivity index (χ1) is 10.1. The van der Waals surface area contributed by atoms with Crippen molar-refractivity contribution in [3.8, 4) is 5.82 Å². The van der Waals surface area contributed by atoms with Crippen LogP contribution in [0, 0.1) is 6.92 Å². The molecule has 0 amide bonds. The molecule has 1 aromatic carbocycles. The SMILES string of the molecule is Cc1cc(CNC(C)C)cc(-n2nnc3ccccc32)n1. The minimum atomic E-state index is 0.453. The quantitative estimate of drug-likeness (QED) is 0.798. The van der Waals surface area contributed by atoms with Crippen molar-refractivity contribution in [3.63, 3.8) is 0 Å². The number of hydrogen-bond donors (Lipinski definition) is 1. The topological polar surface area (TPSA) is 55.6 Å². The first-order valence-electron chi connectivity index (χ1n) is 7.15. The fourth-order valence-corrected chi connectivity index (χ4v) is 2.29. The summed E-state index contributed by atoms with van der Waals surface area (Å²) >= 11 is 0. The number of aromatic nitrogens is 4. The third-order valence-electron chi connectivity index (χ3n) is 3.28. The van der Waals surface area contributed by atoms with Crippen LogP contribution in [0.25, 0.3) is 16.9 Å². The molecule has 0 saturated carbocycles. The van der Waals surface area contributed by atoms with E-state index in [1.54, 1.807) is 4.68 Å². The number of nitrogens with one attached hydrogen (secondary N) is 1. The molecule has 1 N–H and O–H groups in total. The second-order valence-corrected chi connectivity index (χ2v) is 5.50. The number of aryl methyl sites for hydroxylation is 1. The highest BCUT2D eigenvalue weighted by Gasteiger charge is 2.09. The highest BCUT2D eigenvalue weighted by molar-refractivity contribution is 5.75. The van der Waals surface area contributed by atoms with Crippen LogP contribution < -0.4 is 5.32 Å². The van der Waals surface area contributed by atoms with Gasteiger partial charge in [-0.3, -0.25) is 0 Å². The summed E-state index contributed by atoms with van der Waals surface area (Å²) in [6.07, 6.45) is 0. The zero-order valence-electron chi connectivity index (χ0n) is 12.5. The minimum Gasteiger partial charge on any atom is -0.310 e. The van der Waals surface area contributed by atoms with E-state index in [2.05, 4.69) is 46.6 Å². The molecule has 0 atom stereocenters. The molecule has 21 heavy (non-hydrogen) atoms. The second kappa shape index (κ2) is 5.61. The third-order valence-corrected chi connectivity index (χ3v) is 3.28. The first-order valence-corrected chi connectivity index (χ1v) is 7.15. The van der Waals surface area contributed by atoms with Gasteiger partial charge in [0.15, 0.2) is 5.82 Å². The van der Waals surface area contributed by atoms with E-state index in [0.717, 1.165) is 29.1 Å². The number of rotatable bonds is 4. The minimum absolute atomic E-state index is 0.453. The van der Waals surface area contributed by atoms with Gasteiger partial charge in [0.05, 0.1) is 5.52 Å². The van der Waals surface area contributed by atoms with Gasteiger partial charge in [0.1, 0.15) is 5.52 Å². The van der Waals surface area contributed by atoms with Crippen molar-refractivity contribution in [2.24, 2.45) is 0 Å². The largest absolute Gasteiger partial charge is 0.310 e. The van der Waals surface area contributed by atoms with Crippen LogP contribution in [-0.4, -0.2) is 26.0 Å². The van der Waals surface area contributed by atoms with Crippen molar-refractivity contribution in [2.75, 3.05) is 0 Å². The van der Waals surface area contributed by atoms with Crippen LogP contribution in [0.5, 0.6) is 0 Å². The van der Waals surface area contributed by atoms with E-state index in [1.165, 1.54) is 5.56 Å². The third kappa shape index (κ3) is 2.92. The Kier molecular flexibility index (Phi) is 3.66. The molecule has 2 heterocycles. The van der Waals surface area contributed by atoms with Crippen LogP contribution in [0.1, 0.15) is 25.1 Å². The van der Waals surface area contributed by atoms with Gasteiger partial charge in [-0.05, 0) is 36.8 Å². The lowest BCUT2D eigenvalue weighted by Crippen LogP contribution is -2.22. The van der Waals surface area contributed by atoms with Crippen molar-refractivity contribution in [2.45, 2.75) is 33.4 Å². The van der Waals surface area contributed by atoms with Crippen LogP contribution in [-0.2, 0) is 6.54 Å². The number of hydrogen-bond acceptors (Lipinski definition) is 4. The molecule has 0 aliphatic heterocycles. The summed E-state index contributed by atoms with van der Waals surface area (Å²) in [5.41, 5.74) is 4.03. The average molecular weight is 281 g/mol. The summed E-state index contributed by atoms with van der Waals surface area (Å²) in [4.78, 5) is 4.59. The van der Waals surface area contributed by atoms with E-state index in [0.29, 0.717) is 6.04 Å². The van der Waals surface area contributed by atoms with Gasteiger partial charge in [0.25, 0.3) is 0 Å². The van der Waals surface area contributed by atoms with Crippen LogP contribution in [0.3, 0.4) is 0 Å². The Bertz CT molecular complexity index is 760. The van der Waals surface area contributed by atoms with Crippen LogP contribution in [0.2, 0.25) is 0 Å². The van der Waals surface area contributed by atoms with E-state index in [4.69, 9.17) is 0 Å². The molecule has 3 rings (SSSR count). The monoisotopic (exact) mass is 281 g/mol. The van der Waals surface area contributed by atoms with E-state index in [9.17, 15) is 0 Å². The highest BCUT2D eigenvalue weighted by atomic mass is 15.4. The predicted molar refractivity (Wildman–Crippen MR) is 83.4 cm³/mol. The molecule has 0 saturated heterocycles. The summed E-state index contributed by atoms with van der Waals surface area (Å²) in [6.45, 7) is 7.10. The maximum atomic E-state index is 4.59. The highest BCUT2D eigenvalue weighted by Crippen LogP contribution is 2.16. The van der Waals surface area contributed by atoms with E-state index < -0.39 is 0 Å². The zero-order chi connectivity index (χ0) is 14.8. The number of nitrogens with zero attached hydrogens (tertiary/aromatic N) is 4. The Morgan fingerprint density at radius 3 is 2.81 bits per heavy atom. The fraction of sp³-hybridized carbons (Fsp3) is 0.312. The van der Waals surface area contributed by atoms with Crippen LogP contribution >= 0.6 is 0 Å². The van der Waals surface area contributed by atoms with Crippen molar-refractivity contribution in [1.29, 1.82) is 0 Å². The van der Waals surface area contributed by atoms with Gasteiger partial charge < -0.3 is 5.32 Å². The van der Waals surface area contributed by atoms with Gasteiger partial charge in [-0.1, -0.05) is 31.2 Å². The summed E-state index contributed by atoms with van der Waals surface area (Å²) in [5, 5.41) is 11.8. The molecule has 5 heteroatoms. The summed E-state index contributed by atoms with van der Waals surface area (Å²) in [5.74, 6) is 0.809. The van der Waals surface area contributed by atoms with Crippen molar-refractivity contribution < 1.29 is 0 Å². The van der Waals surface area contributed by atoms with E-state index in [-0.39, 0.29) is 0 Å². The maximum absolute atomic E-state index is 4.59. The standard InChI is InChI=1S/C16H19N5/c1-11(2)17-10-13-8-12(3)18-16(9-13)21-15-7-5-4-6-14(15)19-20-21/h4-9,11,17H,10H2,1-3H3. The van der Waals surface area contributed by atoms with Crippen molar-refractivity contribution >= 4 is 11.0 Å². The Morgan fingerprint density at radius 1 is 1.19 bits per heavy atom. The van der Waals surface area contributed by atoms with Gasteiger partial charge in [0, 0.05) is 18.3 Å². The number of fused-ring (bicyclic) bond motifs is 1. The maximum Gasteiger partial charge on any atom is 0.156 e. The summed E-state index contributed by atoms with van der Waals surface area (Å²) < 4.78 is 1.79. The van der Waals surface area contributed by atoms with Gasteiger partial charge in [-0.25, -0.2) is 4.98 Å².